The molecule has 1 amide bonds. The van der Waals surface area contributed by atoms with Gasteiger partial charge in [0.2, 0.25) is 5.91 Å². The fourth-order valence-corrected chi connectivity index (χ4v) is 1.60. The van der Waals surface area contributed by atoms with Crippen LogP contribution in [0.15, 0.2) is 24.3 Å². The lowest BCUT2D eigenvalue weighted by Crippen LogP contribution is -2.30. The zero-order valence-corrected chi connectivity index (χ0v) is 11.2. The summed E-state index contributed by atoms with van der Waals surface area (Å²) in [5, 5.41) is 9.19. The number of aliphatic hydroxyl groups excluding tert-OH is 1. The fourth-order valence-electron chi connectivity index (χ4n) is 1.60. The van der Waals surface area contributed by atoms with Crippen LogP contribution in [0.4, 0.5) is 0 Å². The summed E-state index contributed by atoms with van der Waals surface area (Å²) >= 11 is 0. The molecule has 0 saturated heterocycles. The zero-order chi connectivity index (χ0) is 13.5. The molecule has 0 bridgehead atoms. The topological polar surface area (TPSA) is 49.8 Å². The molecule has 0 aliphatic rings. The van der Waals surface area contributed by atoms with Crippen LogP contribution in [0.2, 0.25) is 0 Å². The van der Waals surface area contributed by atoms with Crippen molar-refractivity contribution >= 4 is 5.91 Å². The van der Waals surface area contributed by atoms with Crippen molar-refractivity contribution in [3.05, 3.63) is 29.8 Å². The molecule has 1 aromatic carbocycles. The number of ether oxygens (including phenoxy) is 1. The van der Waals surface area contributed by atoms with Gasteiger partial charge in [-0.25, -0.2) is 0 Å². The first kappa shape index (κ1) is 14.5. The Labute approximate surface area is 108 Å². The number of hydrogen-bond acceptors (Lipinski definition) is 3. The molecule has 1 unspecified atom stereocenters. The first-order chi connectivity index (χ1) is 8.52. The molecule has 1 aromatic rings. The number of rotatable bonds is 6. The van der Waals surface area contributed by atoms with Gasteiger partial charge in [0.15, 0.2) is 0 Å². The summed E-state index contributed by atoms with van der Waals surface area (Å²) in [6.45, 7) is 2.29. The first-order valence-electron chi connectivity index (χ1n) is 6.08. The third-order valence-electron chi connectivity index (χ3n) is 2.80. The standard InChI is InChI=1S/C14H21NO3/c1-11(16)7-8-15(2)14(17)10-12-5-4-6-13(9-12)18-3/h4-6,9,11,16H,7-8,10H2,1-3H3. The monoisotopic (exact) mass is 251 g/mol. The van der Waals surface area contributed by atoms with E-state index in [1.54, 1.807) is 26.0 Å². The van der Waals surface area contributed by atoms with Crippen molar-refractivity contribution in [3.8, 4) is 5.75 Å². The van der Waals surface area contributed by atoms with Crippen molar-refractivity contribution in [2.75, 3.05) is 20.7 Å². The molecule has 4 nitrogen and oxygen atoms in total. The Morgan fingerprint density at radius 1 is 1.50 bits per heavy atom. The van der Waals surface area contributed by atoms with Crippen LogP contribution in [-0.4, -0.2) is 42.7 Å². The average Bonchev–Trinajstić information content (AvgIpc) is 2.36. The predicted molar refractivity (Wildman–Crippen MR) is 70.6 cm³/mol. The van der Waals surface area contributed by atoms with Gasteiger partial charge in [-0.2, -0.15) is 0 Å². The molecule has 100 valence electrons. The third kappa shape index (κ3) is 4.75. The number of benzene rings is 1. The highest BCUT2D eigenvalue weighted by Crippen LogP contribution is 2.13. The van der Waals surface area contributed by atoms with E-state index in [0.29, 0.717) is 19.4 Å². The molecule has 4 heteroatoms. The highest BCUT2D eigenvalue weighted by Gasteiger charge is 2.10. The number of amides is 1. The van der Waals surface area contributed by atoms with Crippen LogP contribution < -0.4 is 4.74 Å². The molecule has 1 rings (SSSR count). The van der Waals surface area contributed by atoms with Crippen LogP contribution >= 0.6 is 0 Å². The van der Waals surface area contributed by atoms with Crippen molar-refractivity contribution < 1.29 is 14.6 Å². The van der Waals surface area contributed by atoms with E-state index < -0.39 is 0 Å². The maximum Gasteiger partial charge on any atom is 0.226 e. The zero-order valence-electron chi connectivity index (χ0n) is 11.2. The van der Waals surface area contributed by atoms with Crippen molar-refractivity contribution in [3.63, 3.8) is 0 Å². The minimum absolute atomic E-state index is 0.0453. The molecule has 0 fully saturated rings. The Bertz CT molecular complexity index is 390. The van der Waals surface area contributed by atoms with Crippen LogP contribution in [-0.2, 0) is 11.2 Å². The fraction of sp³-hybridized carbons (Fsp3) is 0.500. The molecule has 1 N–H and O–H groups in total. The van der Waals surface area contributed by atoms with Crippen LogP contribution in [0.5, 0.6) is 5.75 Å². The van der Waals surface area contributed by atoms with Gasteiger partial charge in [0.05, 0.1) is 19.6 Å². The van der Waals surface area contributed by atoms with E-state index in [0.717, 1.165) is 11.3 Å². The summed E-state index contributed by atoms with van der Waals surface area (Å²) < 4.78 is 5.12. The van der Waals surface area contributed by atoms with Gasteiger partial charge in [0, 0.05) is 13.6 Å². The van der Waals surface area contributed by atoms with Gasteiger partial charge in [-0.15, -0.1) is 0 Å². The highest BCUT2D eigenvalue weighted by atomic mass is 16.5. The van der Waals surface area contributed by atoms with Gasteiger partial charge < -0.3 is 14.7 Å². The lowest BCUT2D eigenvalue weighted by Gasteiger charge is -2.18. The summed E-state index contributed by atoms with van der Waals surface area (Å²) in [4.78, 5) is 13.6. The molecule has 1 atom stereocenters. The number of likely N-dealkylation sites (N-methyl/N-ethyl adjacent to an activating group) is 1. The van der Waals surface area contributed by atoms with E-state index in [1.807, 2.05) is 24.3 Å². The summed E-state index contributed by atoms with van der Waals surface area (Å²) in [5.74, 6) is 0.802. The Kier molecular flexibility index (Phi) is 5.65. The molecular formula is C14H21NO3. The van der Waals surface area contributed by atoms with Crippen LogP contribution in [0.3, 0.4) is 0 Å². The normalized spacial score (nSPS) is 12.0. The van der Waals surface area contributed by atoms with Crippen molar-refractivity contribution in [2.45, 2.75) is 25.9 Å². The summed E-state index contributed by atoms with van der Waals surface area (Å²) in [6, 6.07) is 7.49. The molecular weight excluding hydrogens is 230 g/mol. The second-order valence-corrected chi connectivity index (χ2v) is 4.48. The van der Waals surface area contributed by atoms with E-state index >= 15 is 0 Å². The van der Waals surface area contributed by atoms with E-state index in [-0.39, 0.29) is 12.0 Å². The molecule has 0 aliphatic carbocycles. The second-order valence-electron chi connectivity index (χ2n) is 4.48. The number of methoxy groups -OCH3 is 1. The van der Waals surface area contributed by atoms with Crippen molar-refractivity contribution in [1.29, 1.82) is 0 Å². The highest BCUT2D eigenvalue weighted by molar-refractivity contribution is 5.78. The maximum atomic E-state index is 11.9. The Balaban J connectivity index is 2.52. The van der Waals surface area contributed by atoms with Crippen molar-refractivity contribution in [2.24, 2.45) is 0 Å². The Morgan fingerprint density at radius 3 is 2.83 bits per heavy atom. The van der Waals surface area contributed by atoms with Crippen LogP contribution in [0.1, 0.15) is 18.9 Å². The van der Waals surface area contributed by atoms with Gasteiger partial charge in [-0.3, -0.25) is 4.79 Å². The molecule has 0 aromatic heterocycles. The number of hydrogen-bond donors (Lipinski definition) is 1. The minimum atomic E-state index is -0.378. The molecule has 0 heterocycles. The quantitative estimate of drug-likeness (QED) is 0.833. The van der Waals surface area contributed by atoms with Gasteiger partial charge in [0.1, 0.15) is 5.75 Å². The van der Waals surface area contributed by atoms with Crippen molar-refractivity contribution in [1.82, 2.24) is 4.90 Å². The SMILES string of the molecule is COc1cccc(CC(=O)N(C)CCC(C)O)c1. The number of carbonyl (C=O) groups excluding carboxylic acids is 1. The number of aliphatic hydroxyl groups is 1. The molecule has 0 spiro atoms. The smallest absolute Gasteiger partial charge is 0.226 e. The summed E-state index contributed by atoms with van der Waals surface area (Å²) in [6.07, 6.45) is 0.575. The van der Waals surface area contributed by atoms with Crippen LogP contribution in [0.25, 0.3) is 0 Å². The minimum Gasteiger partial charge on any atom is -0.497 e. The first-order valence-corrected chi connectivity index (χ1v) is 6.08. The maximum absolute atomic E-state index is 11.9. The van der Waals surface area contributed by atoms with E-state index in [9.17, 15) is 9.90 Å². The third-order valence-corrected chi connectivity index (χ3v) is 2.80. The largest absolute Gasteiger partial charge is 0.497 e. The number of nitrogens with zero attached hydrogens (tertiary/aromatic N) is 1. The van der Waals surface area contributed by atoms with Gasteiger partial charge in [-0.1, -0.05) is 12.1 Å². The number of carbonyl (C=O) groups is 1. The predicted octanol–water partition coefficient (Wildman–Crippen LogP) is 1.47. The van der Waals surface area contributed by atoms with Gasteiger partial charge in [0.25, 0.3) is 0 Å². The average molecular weight is 251 g/mol. The molecule has 0 saturated carbocycles. The lowest BCUT2D eigenvalue weighted by molar-refractivity contribution is -0.129. The van der Waals surface area contributed by atoms with E-state index in [2.05, 4.69) is 0 Å². The van der Waals surface area contributed by atoms with E-state index in [4.69, 9.17) is 4.74 Å². The second kappa shape index (κ2) is 7.01. The van der Waals surface area contributed by atoms with Gasteiger partial charge >= 0.3 is 0 Å². The molecule has 0 radical (unpaired) electrons. The van der Waals surface area contributed by atoms with Crippen LogP contribution in [0, 0.1) is 0 Å². The van der Waals surface area contributed by atoms with Gasteiger partial charge in [-0.05, 0) is 31.0 Å². The Morgan fingerprint density at radius 2 is 2.22 bits per heavy atom. The Hall–Kier alpha value is -1.55. The lowest BCUT2D eigenvalue weighted by atomic mass is 10.1. The summed E-state index contributed by atoms with van der Waals surface area (Å²) in [5.41, 5.74) is 0.934. The molecule has 18 heavy (non-hydrogen) atoms. The summed E-state index contributed by atoms with van der Waals surface area (Å²) in [7, 11) is 3.36. The molecule has 0 aliphatic heterocycles. The van der Waals surface area contributed by atoms with E-state index in [1.165, 1.54) is 0 Å².